The molecule has 0 heterocycles. The first kappa shape index (κ1) is 14.5. The first-order chi connectivity index (χ1) is 8.08. The van der Waals surface area contributed by atoms with Crippen LogP contribution in [0.4, 0.5) is 4.39 Å². The van der Waals surface area contributed by atoms with Crippen LogP contribution in [0, 0.1) is 5.82 Å². The lowest BCUT2D eigenvalue weighted by Crippen LogP contribution is -2.30. The zero-order valence-corrected chi connectivity index (χ0v) is 11.5. The SMILES string of the molecule is CCCC(CC)NC(C)c1ccc(F)c(Cl)c1. The third kappa shape index (κ3) is 4.29. The summed E-state index contributed by atoms with van der Waals surface area (Å²) in [6.45, 7) is 6.45. The fourth-order valence-corrected chi connectivity index (χ4v) is 2.17. The van der Waals surface area contributed by atoms with E-state index in [1.54, 1.807) is 12.1 Å². The molecule has 3 heteroatoms. The standard InChI is InChI=1S/C14H21ClFN/c1-4-6-12(5-2)17-10(3)11-7-8-14(16)13(15)9-11/h7-10,12,17H,4-6H2,1-3H3. The largest absolute Gasteiger partial charge is 0.307 e. The van der Waals surface area contributed by atoms with Gasteiger partial charge in [-0.05, 0) is 37.5 Å². The van der Waals surface area contributed by atoms with Crippen molar-refractivity contribution in [2.75, 3.05) is 0 Å². The van der Waals surface area contributed by atoms with Gasteiger partial charge in [0.2, 0.25) is 0 Å². The molecule has 2 unspecified atom stereocenters. The van der Waals surface area contributed by atoms with Gasteiger partial charge in [0.15, 0.2) is 0 Å². The summed E-state index contributed by atoms with van der Waals surface area (Å²) in [6.07, 6.45) is 3.44. The molecule has 1 aromatic carbocycles. The summed E-state index contributed by atoms with van der Waals surface area (Å²) >= 11 is 5.79. The minimum Gasteiger partial charge on any atom is -0.307 e. The van der Waals surface area contributed by atoms with Crippen LogP contribution in [0.15, 0.2) is 18.2 Å². The molecule has 17 heavy (non-hydrogen) atoms. The normalized spacial score (nSPS) is 14.6. The number of halogens is 2. The van der Waals surface area contributed by atoms with Crippen molar-refractivity contribution in [3.05, 3.63) is 34.6 Å². The third-order valence-corrected chi connectivity index (χ3v) is 3.35. The van der Waals surface area contributed by atoms with E-state index in [1.165, 1.54) is 12.5 Å². The Kier molecular flexibility index (Phi) is 5.93. The predicted octanol–water partition coefficient (Wildman–Crippen LogP) is 4.71. The highest BCUT2D eigenvalue weighted by atomic mass is 35.5. The van der Waals surface area contributed by atoms with E-state index in [0.717, 1.165) is 18.4 Å². The summed E-state index contributed by atoms with van der Waals surface area (Å²) < 4.78 is 13.1. The maximum atomic E-state index is 13.1. The molecule has 1 aromatic rings. The third-order valence-electron chi connectivity index (χ3n) is 3.06. The van der Waals surface area contributed by atoms with Gasteiger partial charge in [0, 0.05) is 12.1 Å². The molecule has 0 aromatic heterocycles. The molecule has 1 rings (SSSR count). The molecule has 0 amide bonds. The van der Waals surface area contributed by atoms with Crippen molar-refractivity contribution in [3.8, 4) is 0 Å². The molecular weight excluding hydrogens is 237 g/mol. The highest BCUT2D eigenvalue weighted by Crippen LogP contribution is 2.21. The molecule has 0 aliphatic heterocycles. The van der Waals surface area contributed by atoms with Crippen LogP contribution >= 0.6 is 11.6 Å². The summed E-state index contributed by atoms with van der Waals surface area (Å²) in [5.74, 6) is -0.358. The van der Waals surface area contributed by atoms with Crippen LogP contribution in [0.1, 0.15) is 51.6 Å². The Morgan fingerprint density at radius 2 is 2.06 bits per heavy atom. The molecule has 0 bridgehead atoms. The van der Waals surface area contributed by atoms with E-state index in [9.17, 15) is 4.39 Å². The molecule has 1 nitrogen and oxygen atoms in total. The van der Waals surface area contributed by atoms with Crippen LogP contribution in [-0.2, 0) is 0 Å². The molecule has 0 fully saturated rings. The van der Waals surface area contributed by atoms with Crippen molar-refractivity contribution in [1.82, 2.24) is 5.32 Å². The van der Waals surface area contributed by atoms with Gasteiger partial charge in [-0.3, -0.25) is 0 Å². The van der Waals surface area contributed by atoms with Gasteiger partial charge in [0.05, 0.1) is 5.02 Å². The summed E-state index contributed by atoms with van der Waals surface area (Å²) in [7, 11) is 0. The fourth-order valence-electron chi connectivity index (χ4n) is 1.99. The Balaban J connectivity index is 2.68. The molecule has 0 spiro atoms. The van der Waals surface area contributed by atoms with E-state index in [4.69, 9.17) is 11.6 Å². The van der Waals surface area contributed by atoms with Crippen molar-refractivity contribution in [2.45, 2.75) is 52.1 Å². The number of hydrogen-bond donors (Lipinski definition) is 1. The van der Waals surface area contributed by atoms with Gasteiger partial charge in [0.25, 0.3) is 0 Å². The second kappa shape index (κ2) is 6.97. The smallest absolute Gasteiger partial charge is 0.141 e. The van der Waals surface area contributed by atoms with Crippen molar-refractivity contribution in [2.24, 2.45) is 0 Å². The maximum Gasteiger partial charge on any atom is 0.141 e. The molecule has 1 N–H and O–H groups in total. The second-order valence-corrected chi connectivity index (χ2v) is 4.86. The first-order valence-corrected chi connectivity index (χ1v) is 6.67. The maximum absolute atomic E-state index is 13.1. The van der Waals surface area contributed by atoms with Crippen molar-refractivity contribution in [3.63, 3.8) is 0 Å². The number of rotatable bonds is 6. The van der Waals surface area contributed by atoms with Crippen LogP contribution < -0.4 is 5.32 Å². The minimum absolute atomic E-state index is 0.194. The number of benzene rings is 1. The van der Waals surface area contributed by atoms with Gasteiger partial charge in [-0.1, -0.05) is 37.9 Å². The van der Waals surface area contributed by atoms with Gasteiger partial charge in [0.1, 0.15) is 5.82 Å². The fraction of sp³-hybridized carbons (Fsp3) is 0.571. The van der Waals surface area contributed by atoms with Crippen molar-refractivity contribution < 1.29 is 4.39 Å². The zero-order valence-electron chi connectivity index (χ0n) is 10.8. The Morgan fingerprint density at radius 1 is 1.35 bits per heavy atom. The van der Waals surface area contributed by atoms with E-state index in [2.05, 4.69) is 26.1 Å². The van der Waals surface area contributed by atoms with Gasteiger partial charge < -0.3 is 5.32 Å². The first-order valence-electron chi connectivity index (χ1n) is 6.29. The van der Waals surface area contributed by atoms with Crippen LogP contribution in [0.3, 0.4) is 0 Å². The van der Waals surface area contributed by atoms with Crippen molar-refractivity contribution in [1.29, 1.82) is 0 Å². The van der Waals surface area contributed by atoms with Gasteiger partial charge in [-0.25, -0.2) is 4.39 Å². The Hall–Kier alpha value is -0.600. The highest BCUT2D eigenvalue weighted by Gasteiger charge is 2.12. The number of nitrogens with one attached hydrogen (secondary N) is 1. The Labute approximate surface area is 108 Å². The quantitative estimate of drug-likeness (QED) is 0.778. The van der Waals surface area contributed by atoms with Gasteiger partial charge >= 0.3 is 0 Å². The Morgan fingerprint density at radius 3 is 2.59 bits per heavy atom. The molecule has 0 radical (unpaired) electrons. The summed E-state index contributed by atoms with van der Waals surface area (Å²) in [5.41, 5.74) is 1.03. The average molecular weight is 258 g/mol. The predicted molar refractivity (Wildman–Crippen MR) is 71.9 cm³/mol. The monoisotopic (exact) mass is 257 g/mol. The molecule has 96 valence electrons. The van der Waals surface area contributed by atoms with Crippen LogP contribution in [-0.4, -0.2) is 6.04 Å². The van der Waals surface area contributed by atoms with E-state index >= 15 is 0 Å². The second-order valence-electron chi connectivity index (χ2n) is 4.46. The van der Waals surface area contributed by atoms with Crippen LogP contribution in [0.2, 0.25) is 5.02 Å². The van der Waals surface area contributed by atoms with Crippen molar-refractivity contribution >= 4 is 11.6 Å². The zero-order chi connectivity index (χ0) is 12.8. The minimum atomic E-state index is -0.358. The molecule has 2 atom stereocenters. The molecular formula is C14H21ClFN. The lowest BCUT2D eigenvalue weighted by molar-refractivity contribution is 0.417. The molecule has 0 saturated heterocycles. The summed E-state index contributed by atoms with van der Waals surface area (Å²) in [4.78, 5) is 0. The lowest BCUT2D eigenvalue weighted by Gasteiger charge is -2.22. The number of hydrogen-bond acceptors (Lipinski definition) is 1. The van der Waals surface area contributed by atoms with E-state index in [1.807, 2.05) is 0 Å². The van der Waals surface area contributed by atoms with E-state index < -0.39 is 0 Å². The van der Waals surface area contributed by atoms with Gasteiger partial charge in [-0.15, -0.1) is 0 Å². The summed E-state index contributed by atoms with van der Waals surface area (Å²) in [5, 5.41) is 3.74. The molecule has 0 saturated carbocycles. The molecule has 0 aliphatic carbocycles. The summed E-state index contributed by atoms with van der Waals surface area (Å²) in [6, 6.07) is 5.63. The van der Waals surface area contributed by atoms with Crippen LogP contribution in [0.5, 0.6) is 0 Å². The Bertz CT molecular complexity index is 354. The van der Waals surface area contributed by atoms with Gasteiger partial charge in [-0.2, -0.15) is 0 Å². The average Bonchev–Trinajstić information content (AvgIpc) is 2.31. The lowest BCUT2D eigenvalue weighted by atomic mass is 10.0. The topological polar surface area (TPSA) is 12.0 Å². The van der Waals surface area contributed by atoms with Crippen LogP contribution in [0.25, 0.3) is 0 Å². The molecule has 0 aliphatic rings. The highest BCUT2D eigenvalue weighted by molar-refractivity contribution is 6.30. The van der Waals surface area contributed by atoms with E-state index in [-0.39, 0.29) is 16.9 Å². The van der Waals surface area contributed by atoms with E-state index in [0.29, 0.717) is 6.04 Å².